The van der Waals surface area contributed by atoms with Crippen LogP contribution in [0.5, 0.6) is 0 Å². The van der Waals surface area contributed by atoms with Gasteiger partial charge in [0.2, 0.25) is 21.8 Å². The summed E-state index contributed by atoms with van der Waals surface area (Å²) < 4.78 is 25.7. The van der Waals surface area contributed by atoms with Crippen LogP contribution in [0, 0.1) is 0 Å². The van der Waals surface area contributed by atoms with Crippen molar-refractivity contribution in [2.45, 2.75) is 32.4 Å². The highest BCUT2D eigenvalue weighted by atomic mass is 35.5. The Balaban J connectivity index is 2.15. The van der Waals surface area contributed by atoms with E-state index in [1.54, 1.807) is 55.5 Å². The molecule has 2 rings (SSSR count). The number of sulfonamides is 1. The predicted octanol–water partition coefficient (Wildman–Crippen LogP) is 3.70. The molecule has 0 bridgehead atoms. The van der Waals surface area contributed by atoms with E-state index in [0.717, 1.165) is 6.26 Å². The molecule has 0 saturated carbocycles. The van der Waals surface area contributed by atoms with Crippen molar-refractivity contribution in [1.29, 1.82) is 0 Å². The maximum absolute atomic E-state index is 13.1. The first-order valence-electron chi connectivity index (χ1n) is 10.0. The second-order valence-corrected chi connectivity index (χ2v) is 10.1. The van der Waals surface area contributed by atoms with E-state index >= 15 is 0 Å². The molecule has 10 heteroatoms. The minimum Gasteiger partial charge on any atom is -0.357 e. The minimum absolute atomic E-state index is 0.0609. The van der Waals surface area contributed by atoms with Gasteiger partial charge >= 0.3 is 0 Å². The van der Waals surface area contributed by atoms with E-state index < -0.39 is 16.1 Å². The second kappa shape index (κ2) is 11.5. The average Bonchev–Trinajstić information content (AvgIpc) is 2.74. The highest BCUT2D eigenvalue weighted by molar-refractivity contribution is 7.92. The largest absolute Gasteiger partial charge is 0.357 e. The van der Waals surface area contributed by atoms with Crippen LogP contribution in [0.25, 0.3) is 0 Å². The number of carbonyl (C=O) groups excluding carboxylic acids is 2. The number of hydrogen-bond donors (Lipinski definition) is 1. The van der Waals surface area contributed by atoms with Gasteiger partial charge in [-0.15, -0.1) is 0 Å². The molecular weight excluding hydrogens is 473 g/mol. The molecule has 2 amide bonds. The van der Waals surface area contributed by atoms with Gasteiger partial charge in [0.25, 0.3) is 0 Å². The lowest BCUT2D eigenvalue weighted by Crippen LogP contribution is -2.46. The van der Waals surface area contributed by atoms with Gasteiger partial charge in [0, 0.05) is 36.6 Å². The van der Waals surface area contributed by atoms with Crippen LogP contribution in [0.4, 0.5) is 5.69 Å². The quantitative estimate of drug-likeness (QED) is 0.539. The third-order valence-electron chi connectivity index (χ3n) is 4.97. The summed E-state index contributed by atoms with van der Waals surface area (Å²) in [6.45, 7) is 1.89. The number of halogens is 2. The number of likely N-dealkylation sites (N-methyl/N-ethyl adjacent to an activating group) is 1. The lowest BCUT2D eigenvalue weighted by molar-refractivity contribution is -0.140. The Morgan fingerprint density at radius 3 is 2.31 bits per heavy atom. The molecule has 2 aromatic rings. The first kappa shape index (κ1) is 26.0. The lowest BCUT2D eigenvalue weighted by atomic mass is 10.1. The number of benzene rings is 2. The molecule has 174 valence electrons. The molecule has 32 heavy (non-hydrogen) atoms. The second-order valence-electron chi connectivity index (χ2n) is 7.32. The number of nitrogens with zero attached hydrogens (tertiary/aromatic N) is 2. The van der Waals surface area contributed by atoms with Gasteiger partial charge < -0.3 is 10.2 Å². The van der Waals surface area contributed by atoms with Crippen LogP contribution in [-0.4, -0.2) is 51.0 Å². The molecule has 0 aromatic heterocycles. The molecule has 7 nitrogen and oxygen atoms in total. The van der Waals surface area contributed by atoms with Gasteiger partial charge in [-0.2, -0.15) is 0 Å². The Morgan fingerprint density at radius 2 is 1.75 bits per heavy atom. The zero-order valence-electron chi connectivity index (χ0n) is 18.2. The molecule has 0 radical (unpaired) electrons. The van der Waals surface area contributed by atoms with Crippen molar-refractivity contribution in [2.24, 2.45) is 0 Å². The van der Waals surface area contributed by atoms with Gasteiger partial charge in [-0.1, -0.05) is 47.5 Å². The number of nitrogens with one attached hydrogen (secondary N) is 1. The Kier molecular flexibility index (Phi) is 9.36. The van der Waals surface area contributed by atoms with E-state index in [1.165, 1.54) is 16.3 Å². The van der Waals surface area contributed by atoms with Crippen molar-refractivity contribution < 1.29 is 18.0 Å². The number of rotatable bonds is 10. The monoisotopic (exact) mass is 499 g/mol. The van der Waals surface area contributed by atoms with Crippen LogP contribution in [0.1, 0.15) is 25.3 Å². The van der Waals surface area contributed by atoms with Gasteiger partial charge in [-0.3, -0.25) is 13.9 Å². The van der Waals surface area contributed by atoms with Crippen LogP contribution in [0.3, 0.4) is 0 Å². The molecule has 1 atom stereocenters. The molecule has 0 spiro atoms. The normalized spacial score (nSPS) is 12.2. The van der Waals surface area contributed by atoms with Crippen molar-refractivity contribution in [1.82, 2.24) is 10.2 Å². The first-order chi connectivity index (χ1) is 15.0. The van der Waals surface area contributed by atoms with E-state index in [0.29, 0.717) is 21.3 Å². The van der Waals surface area contributed by atoms with Gasteiger partial charge in [-0.25, -0.2) is 8.42 Å². The summed E-state index contributed by atoms with van der Waals surface area (Å²) in [6.07, 6.45) is 1.47. The molecule has 0 aliphatic rings. The highest BCUT2D eigenvalue weighted by Gasteiger charge is 2.26. The summed E-state index contributed by atoms with van der Waals surface area (Å²) in [5, 5.41) is 3.42. The highest BCUT2D eigenvalue weighted by Crippen LogP contribution is 2.24. The topological polar surface area (TPSA) is 86.8 Å². The van der Waals surface area contributed by atoms with Crippen LogP contribution in [0.15, 0.2) is 48.5 Å². The fourth-order valence-corrected chi connectivity index (χ4v) is 4.66. The van der Waals surface area contributed by atoms with Crippen LogP contribution in [-0.2, 0) is 26.2 Å². The maximum atomic E-state index is 13.1. The Morgan fingerprint density at radius 1 is 1.09 bits per heavy atom. The molecule has 0 fully saturated rings. The van der Waals surface area contributed by atoms with E-state index in [1.807, 2.05) is 0 Å². The number of amides is 2. The van der Waals surface area contributed by atoms with Crippen molar-refractivity contribution in [3.63, 3.8) is 0 Å². The molecule has 0 saturated heterocycles. The average molecular weight is 500 g/mol. The van der Waals surface area contributed by atoms with Gasteiger partial charge in [-0.05, 0) is 43.2 Å². The lowest BCUT2D eigenvalue weighted by Gasteiger charge is -2.29. The van der Waals surface area contributed by atoms with Crippen molar-refractivity contribution in [2.75, 3.05) is 24.2 Å². The van der Waals surface area contributed by atoms with Gasteiger partial charge in [0.05, 0.1) is 11.9 Å². The van der Waals surface area contributed by atoms with Crippen molar-refractivity contribution in [3.05, 3.63) is 64.1 Å². The molecule has 1 N–H and O–H groups in total. The van der Waals surface area contributed by atoms with Gasteiger partial charge in [0.1, 0.15) is 6.04 Å². The molecular formula is C22H27Cl2N3O4S. The predicted molar refractivity (Wildman–Crippen MR) is 128 cm³/mol. The summed E-state index contributed by atoms with van der Waals surface area (Å²) in [4.78, 5) is 26.7. The van der Waals surface area contributed by atoms with Crippen LogP contribution < -0.4 is 9.62 Å². The number of anilines is 1. The summed E-state index contributed by atoms with van der Waals surface area (Å²) in [5.74, 6) is -0.598. The van der Waals surface area contributed by atoms with Crippen molar-refractivity contribution >= 4 is 50.7 Å². The zero-order valence-corrected chi connectivity index (χ0v) is 20.5. The summed E-state index contributed by atoms with van der Waals surface area (Å²) >= 11 is 12.2. The van der Waals surface area contributed by atoms with E-state index in [2.05, 4.69) is 5.32 Å². The summed E-state index contributed by atoms with van der Waals surface area (Å²) in [7, 11) is -2.01. The van der Waals surface area contributed by atoms with Gasteiger partial charge in [0.15, 0.2) is 0 Å². The summed E-state index contributed by atoms with van der Waals surface area (Å²) in [6, 6.07) is 12.9. The number of para-hydroxylation sites is 1. The molecule has 0 unspecified atom stereocenters. The third kappa shape index (κ3) is 7.12. The Hall–Kier alpha value is -2.29. The minimum atomic E-state index is -3.51. The number of hydrogen-bond acceptors (Lipinski definition) is 4. The fourth-order valence-electron chi connectivity index (χ4n) is 3.22. The van der Waals surface area contributed by atoms with Crippen LogP contribution >= 0.6 is 23.2 Å². The van der Waals surface area contributed by atoms with Crippen molar-refractivity contribution in [3.8, 4) is 0 Å². The standard InChI is InChI=1S/C22H27Cl2N3O4S/c1-16(22(29)25-2)26(15-17-11-12-18(23)14-20(17)24)21(28)10-7-13-27(32(3,30)31)19-8-5-4-6-9-19/h4-6,8-9,11-12,14,16H,7,10,13,15H2,1-3H3,(H,25,29)/t16-/m1/s1. The molecule has 2 aromatic carbocycles. The fraction of sp³-hybridized carbons (Fsp3) is 0.364. The van der Waals surface area contributed by atoms with E-state index in [-0.39, 0.29) is 37.7 Å². The third-order valence-corrected chi connectivity index (χ3v) is 6.75. The smallest absolute Gasteiger partial charge is 0.242 e. The van der Waals surface area contributed by atoms with Crippen LogP contribution in [0.2, 0.25) is 10.0 Å². The number of carbonyl (C=O) groups is 2. The van der Waals surface area contributed by atoms with E-state index in [9.17, 15) is 18.0 Å². The Bertz CT molecular complexity index is 1050. The molecule has 0 aliphatic heterocycles. The van der Waals surface area contributed by atoms with E-state index in [4.69, 9.17) is 23.2 Å². The Labute approximate surface area is 199 Å². The first-order valence-corrected chi connectivity index (χ1v) is 12.6. The molecule has 0 heterocycles. The molecule has 0 aliphatic carbocycles. The maximum Gasteiger partial charge on any atom is 0.242 e. The summed E-state index contributed by atoms with van der Waals surface area (Å²) in [5.41, 5.74) is 1.19. The zero-order chi connectivity index (χ0) is 23.9. The SMILES string of the molecule is CNC(=O)[C@@H](C)N(Cc1ccc(Cl)cc1Cl)C(=O)CCCN(c1ccccc1)S(C)(=O)=O.